The van der Waals surface area contributed by atoms with E-state index < -0.39 is 0 Å². The van der Waals surface area contributed by atoms with Crippen LogP contribution in [0.2, 0.25) is 10.0 Å². The van der Waals surface area contributed by atoms with E-state index in [0.29, 0.717) is 40.6 Å². The first kappa shape index (κ1) is 22.2. The van der Waals surface area contributed by atoms with Crippen LogP contribution >= 0.6 is 23.2 Å². The molecular weight excluding hydrogens is 423 g/mol. The van der Waals surface area contributed by atoms with Crippen molar-refractivity contribution in [2.24, 2.45) is 0 Å². The molecule has 0 unspecified atom stereocenters. The highest BCUT2D eigenvalue weighted by Gasteiger charge is 2.07. The van der Waals surface area contributed by atoms with Crippen LogP contribution in [-0.2, 0) is 13.2 Å². The number of nitrogens with zero attached hydrogens (tertiary/aromatic N) is 1. The van der Waals surface area contributed by atoms with Crippen LogP contribution < -0.4 is 19.5 Å². The highest BCUT2D eigenvalue weighted by Crippen LogP contribution is 2.29. The normalized spacial score (nSPS) is 10.6. The number of ether oxygens (including phenoxy) is 3. The molecule has 1 N–H and O–H groups in total. The number of nitrogens with one attached hydrogen (secondary N) is 1. The van der Waals surface area contributed by atoms with Gasteiger partial charge in [-0.2, -0.15) is 0 Å². The monoisotopic (exact) mass is 446 g/mol. The van der Waals surface area contributed by atoms with Gasteiger partial charge in [-0.3, -0.25) is 0 Å². The van der Waals surface area contributed by atoms with Crippen molar-refractivity contribution in [3.63, 3.8) is 0 Å². The highest BCUT2D eigenvalue weighted by atomic mass is 35.5. The van der Waals surface area contributed by atoms with Gasteiger partial charge in [-0.15, -0.1) is 0 Å². The molecule has 2 aromatic carbocycles. The second-order valence-corrected chi connectivity index (χ2v) is 7.38. The molecule has 0 atom stereocenters. The first-order valence-electron chi connectivity index (χ1n) is 9.64. The smallest absolute Gasteiger partial charge is 0.213 e. The molecule has 1 aromatic heterocycles. The van der Waals surface area contributed by atoms with Gasteiger partial charge in [-0.25, -0.2) is 4.98 Å². The topological polar surface area (TPSA) is 52.6 Å². The summed E-state index contributed by atoms with van der Waals surface area (Å²) in [7, 11) is 1.63. The van der Waals surface area contributed by atoms with Gasteiger partial charge in [0.1, 0.15) is 6.61 Å². The molecule has 3 rings (SSSR count). The number of rotatable bonds is 11. The maximum Gasteiger partial charge on any atom is 0.213 e. The average molecular weight is 447 g/mol. The average Bonchev–Trinajstić information content (AvgIpc) is 2.78. The maximum absolute atomic E-state index is 6.06. The van der Waals surface area contributed by atoms with Gasteiger partial charge in [-0.1, -0.05) is 41.4 Å². The van der Waals surface area contributed by atoms with Gasteiger partial charge in [0.2, 0.25) is 5.88 Å². The third-order valence-corrected chi connectivity index (χ3v) is 5.06. The fourth-order valence-corrected chi connectivity index (χ4v) is 3.09. The van der Waals surface area contributed by atoms with Gasteiger partial charge in [0, 0.05) is 18.8 Å². The number of hydrogen-bond acceptors (Lipinski definition) is 5. The second-order valence-electron chi connectivity index (χ2n) is 6.57. The molecule has 0 saturated heterocycles. The lowest BCUT2D eigenvalue weighted by Gasteiger charge is -2.13. The largest absolute Gasteiger partial charge is 0.493 e. The first-order chi connectivity index (χ1) is 14.7. The Morgan fingerprint density at radius 3 is 2.53 bits per heavy atom. The zero-order chi connectivity index (χ0) is 21.2. The van der Waals surface area contributed by atoms with Crippen molar-refractivity contribution in [3.05, 3.63) is 82.0 Å². The lowest BCUT2D eigenvalue weighted by atomic mass is 10.2. The number of hydrogen-bond donors (Lipinski definition) is 1. The van der Waals surface area contributed by atoms with E-state index in [9.17, 15) is 0 Å². The van der Waals surface area contributed by atoms with E-state index in [4.69, 9.17) is 37.4 Å². The Labute approximate surface area is 186 Å². The molecule has 158 valence electrons. The van der Waals surface area contributed by atoms with Crippen LogP contribution in [0, 0.1) is 0 Å². The third kappa shape index (κ3) is 6.80. The summed E-state index contributed by atoms with van der Waals surface area (Å²) >= 11 is 12.0. The van der Waals surface area contributed by atoms with Gasteiger partial charge in [0.25, 0.3) is 0 Å². The minimum atomic E-state index is 0.376. The summed E-state index contributed by atoms with van der Waals surface area (Å²) in [6.07, 6.45) is 2.61. The first-order valence-corrected chi connectivity index (χ1v) is 10.4. The predicted molar refractivity (Wildman–Crippen MR) is 120 cm³/mol. The molecule has 0 fully saturated rings. The van der Waals surface area contributed by atoms with E-state index in [1.165, 1.54) is 0 Å². The summed E-state index contributed by atoms with van der Waals surface area (Å²) in [6, 6.07) is 17.0. The van der Waals surface area contributed by atoms with Gasteiger partial charge >= 0.3 is 0 Å². The highest BCUT2D eigenvalue weighted by molar-refractivity contribution is 6.42. The molecule has 0 aliphatic rings. The fraction of sp³-hybridized carbons (Fsp3) is 0.261. The molecule has 5 nitrogen and oxygen atoms in total. The van der Waals surface area contributed by atoms with Crippen LogP contribution in [0.5, 0.6) is 17.4 Å². The van der Waals surface area contributed by atoms with Gasteiger partial charge in [-0.05, 0) is 54.4 Å². The molecule has 1 heterocycles. The molecule has 0 radical (unpaired) electrons. The molecule has 0 saturated carbocycles. The van der Waals surface area contributed by atoms with E-state index in [1.54, 1.807) is 25.4 Å². The number of aromatic nitrogens is 1. The van der Waals surface area contributed by atoms with E-state index in [2.05, 4.69) is 10.3 Å². The zero-order valence-electron chi connectivity index (χ0n) is 16.7. The van der Waals surface area contributed by atoms with E-state index in [-0.39, 0.29) is 0 Å². The third-order valence-electron chi connectivity index (χ3n) is 4.32. The Hall–Kier alpha value is -2.47. The predicted octanol–water partition coefficient (Wildman–Crippen LogP) is 5.53. The Kier molecular flexibility index (Phi) is 8.63. The maximum atomic E-state index is 6.06. The fourth-order valence-electron chi connectivity index (χ4n) is 2.77. The van der Waals surface area contributed by atoms with Crippen molar-refractivity contribution in [3.8, 4) is 17.4 Å². The molecular formula is C23H24Cl2N2O3. The molecule has 0 spiro atoms. The molecule has 30 heavy (non-hydrogen) atoms. The van der Waals surface area contributed by atoms with Crippen molar-refractivity contribution in [2.45, 2.75) is 19.6 Å². The summed E-state index contributed by atoms with van der Waals surface area (Å²) in [6.45, 7) is 2.56. The quantitative estimate of drug-likeness (QED) is 0.392. The van der Waals surface area contributed by atoms with E-state index >= 15 is 0 Å². The molecule has 0 aliphatic heterocycles. The molecule has 0 aliphatic carbocycles. The molecule has 3 aromatic rings. The molecule has 0 bridgehead atoms. The minimum absolute atomic E-state index is 0.376. The van der Waals surface area contributed by atoms with Crippen LogP contribution in [0.1, 0.15) is 17.5 Å². The van der Waals surface area contributed by atoms with Gasteiger partial charge < -0.3 is 19.5 Å². The standard InChI is InChI=1S/C23H24Cl2N2O3/c1-28-22-14-17(15-26-10-4-12-29-23-5-2-3-11-27-23)7-9-21(22)30-16-18-6-8-19(24)20(25)13-18/h2-3,5-9,11,13-14,26H,4,10,12,15-16H2,1H3. The SMILES string of the molecule is COc1cc(CNCCCOc2ccccn2)ccc1OCc1ccc(Cl)c(Cl)c1. The van der Waals surface area contributed by atoms with Crippen molar-refractivity contribution in [1.29, 1.82) is 0 Å². The van der Waals surface area contributed by atoms with Crippen molar-refractivity contribution in [1.82, 2.24) is 10.3 Å². The summed E-state index contributed by atoms with van der Waals surface area (Å²) in [5, 5.41) is 4.44. The zero-order valence-corrected chi connectivity index (χ0v) is 18.2. The Morgan fingerprint density at radius 2 is 1.77 bits per heavy atom. The number of benzene rings is 2. The summed E-state index contributed by atoms with van der Waals surface area (Å²) in [5.74, 6) is 2.02. The number of methoxy groups -OCH3 is 1. The minimum Gasteiger partial charge on any atom is -0.493 e. The Morgan fingerprint density at radius 1 is 0.900 bits per heavy atom. The lowest BCUT2D eigenvalue weighted by Crippen LogP contribution is -2.17. The van der Waals surface area contributed by atoms with E-state index in [1.807, 2.05) is 42.5 Å². The summed E-state index contributed by atoms with van der Waals surface area (Å²) in [4.78, 5) is 4.13. The number of halogens is 2. The van der Waals surface area contributed by atoms with E-state index in [0.717, 1.165) is 30.6 Å². The number of pyridine rings is 1. The summed E-state index contributed by atoms with van der Waals surface area (Å²) in [5.41, 5.74) is 2.05. The molecule has 7 heteroatoms. The van der Waals surface area contributed by atoms with Crippen LogP contribution in [0.25, 0.3) is 0 Å². The van der Waals surface area contributed by atoms with Crippen molar-refractivity contribution in [2.75, 3.05) is 20.3 Å². The Balaban J connectivity index is 1.43. The van der Waals surface area contributed by atoms with Gasteiger partial charge in [0.15, 0.2) is 11.5 Å². The molecule has 0 amide bonds. The van der Waals surface area contributed by atoms with Crippen LogP contribution in [0.4, 0.5) is 0 Å². The van der Waals surface area contributed by atoms with Crippen LogP contribution in [0.15, 0.2) is 60.8 Å². The lowest BCUT2D eigenvalue weighted by molar-refractivity contribution is 0.284. The van der Waals surface area contributed by atoms with Crippen LogP contribution in [-0.4, -0.2) is 25.2 Å². The van der Waals surface area contributed by atoms with Crippen LogP contribution in [0.3, 0.4) is 0 Å². The van der Waals surface area contributed by atoms with Crippen molar-refractivity contribution < 1.29 is 14.2 Å². The second kappa shape index (κ2) is 11.6. The van der Waals surface area contributed by atoms with Gasteiger partial charge in [0.05, 0.1) is 23.8 Å². The van der Waals surface area contributed by atoms with Crippen molar-refractivity contribution >= 4 is 23.2 Å². The summed E-state index contributed by atoms with van der Waals surface area (Å²) < 4.78 is 17.0. The Bertz CT molecular complexity index is 939.